The summed E-state index contributed by atoms with van der Waals surface area (Å²) in [4.78, 5) is 17.2. The summed E-state index contributed by atoms with van der Waals surface area (Å²) in [7, 11) is 0. The first-order valence-electron chi connectivity index (χ1n) is 8.24. The Bertz CT molecular complexity index is 784. The van der Waals surface area contributed by atoms with E-state index in [0.717, 1.165) is 11.3 Å². The predicted molar refractivity (Wildman–Crippen MR) is 90.4 cm³/mol. The lowest BCUT2D eigenvalue weighted by Gasteiger charge is -2.29. The normalized spacial score (nSPS) is 15.0. The van der Waals surface area contributed by atoms with E-state index in [2.05, 4.69) is 11.1 Å². The van der Waals surface area contributed by atoms with Crippen LogP contribution in [0, 0.1) is 17.2 Å². The number of carboxylic acid groups (broad SMARTS) is 1. The average Bonchev–Trinajstić information content (AvgIpc) is 3.07. The van der Waals surface area contributed by atoms with E-state index < -0.39 is 5.97 Å². The summed E-state index contributed by atoms with van der Waals surface area (Å²) in [6, 6.07) is 9.38. The number of ether oxygens (including phenoxy) is 1. The molecule has 0 radical (unpaired) electrons. The van der Waals surface area contributed by atoms with Crippen LogP contribution >= 0.6 is 0 Å². The molecule has 130 valence electrons. The van der Waals surface area contributed by atoms with Crippen LogP contribution in [0.4, 0.5) is 5.88 Å². The molecule has 0 unspecified atom stereocenters. The zero-order valence-corrected chi connectivity index (χ0v) is 13.9. The van der Waals surface area contributed by atoms with Crippen molar-refractivity contribution in [3.63, 3.8) is 0 Å². The van der Waals surface area contributed by atoms with Crippen LogP contribution in [0.5, 0.6) is 5.75 Å². The Morgan fingerprint density at radius 3 is 2.64 bits per heavy atom. The molecule has 1 fully saturated rings. The van der Waals surface area contributed by atoms with Gasteiger partial charge >= 0.3 is 5.97 Å². The highest BCUT2D eigenvalue weighted by Crippen LogP contribution is 2.31. The average molecular weight is 341 g/mol. The first-order chi connectivity index (χ1) is 12.1. The van der Waals surface area contributed by atoms with Crippen LogP contribution in [0.3, 0.4) is 0 Å². The van der Waals surface area contributed by atoms with Crippen LogP contribution in [0.2, 0.25) is 0 Å². The molecule has 1 aliphatic heterocycles. The monoisotopic (exact) mass is 341 g/mol. The Morgan fingerprint density at radius 2 is 2.08 bits per heavy atom. The molecule has 1 aromatic heterocycles. The first kappa shape index (κ1) is 16.8. The molecule has 1 aromatic carbocycles. The maximum absolute atomic E-state index is 11.1. The second-order valence-electron chi connectivity index (χ2n) is 5.84. The van der Waals surface area contributed by atoms with Gasteiger partial charge < -0.3 is 19.2 Å². The van der Waals surface area contributed by atoms with Gasteiger partial charge in [-0.3, -0.25) is 4.79 Å². The second kappa shape index (κ2) is 7.26. The second-order valence-corrected chi connectivity index (χ2v) is 5.84. The Hall–Kier alpha value is -3.01. The van der Waals surface area contributed by atoms with Crippen molar-refractivity contribution < 1.29 is 19.1 Å². The van der Waals surface area contributed by atoms with E-state index in [1.54, 1.807) is 0 Å². The van der Waals surface area contributed by atoms with Gasteiger partial charge in [0, 0.05) is 18.7 Å². The molecule has 0 amide bonds. The molecule has 7 heteroatoms. The third-order valence-corrected chi connectivity index (χ3v) is 4.26. The van der Waals surface area contributed by atoms with Gasteiger partial charge in [-0.1, -0.05) is 0 Å². The molecule has 1 N–H and O–H groups in total. The summed E-state index contributed by atoms with van der Waals surface area (Å²) in [5.41, 5.74) is 0.976. The number of rotatable bonds is 5. The van der Waals surface area contributed by atoms with Crippen molar-refractivity contribution in [3.05, 3.63) is 30.0 Å². The molecular weight excluding hydrogens is 322 g/mol. The van der Waals surface area contributed by atoms with Crippen LogP contribution < -0.4 is 9.64 Å². The van der Waals surface area contributed by atoms with Crippen molar-refractivity contribution in [2.45, 2.75) is 19.8 Å². The van der Waals surface area contributed by atoms with Crippen LogP contribution in [-0.4, -0.2) is 35.8 Å². The van der Waals surface area contributed by atoms with Gasteiger partial charge in [-0.15, -0.1) is 0 Å². The fraction of sp³-hybridized carbons (Fsp3) is 0.389. The van der Waals surface area contributed by atoms with Gasteiger partial charge in [-0.2, -0.15) is 10.2 Å². The van der Waals surface area contributed by atoms with E-state index in [0.29, 0.717) is 44.3 Å². The largest absolute Gasteiger partial charge is 0.494 e. The summed E-state index contributed by atoms with van der Waals surface area (Å²) >= 11 is 0. The molecule has 0 bridgehead atoms. The zero-order valence-electron chi connectivity index (χ0n) is 13.9. The Morgan fingerprint density at radius 1 is 1.40 bits per heavy atom. The highest BCUT2D eigenvalue weighted by Gasteiger charge is 2.28. The Kier molecular flexibility index (Phi) is 4.89. The maximum Gasteiger partial charge on any atom is 0.306 e. The van der Waals surface area contributed by atoms with Crippen molar-refractivity contribution in [1.82, 2.24) is 4.98 Å². The lowest BCUT2D eigenvalue weighted by atomic mass is 9.97. The number of aliphatic carboxylic acids is 1. The van der Waals surface area contributed by atoms with E-state index in [-0.39, 0.29) is 11.6 Å². The lowest BCUT2D eigenvalue weighted by Crippen LogP contribution is -2.36. The molecule has 25 heavy (non-hydrogen) atoms. The van der Waals surface area contributed by atoms with Gasteiger partial charge in [0.2, 0.25) is 17.5 Å². The van der Waals surface area contributed by atoms with Gasteiger partial charge in [-0.25, -0.2) is 0 Å². The minimum atomic E-state index is -0.771. The maximum atomic E-state index is 11.1. The summed E-state index contributed by atoms with van der Waals surface area (Å²) in [6.45, 7) is 3.57. The molecule has 3 rings (SSSR count). The predicted octanol–water partition coefficient (Wildman–Crippen LogP) is 2.91. The summed E-state index contributed by atoms with van der Waals surface area (Å²) in [5.74, 6) is 0.433. The number of anilines is 1. The number of nitriles is 1. The molecule has 7 nitrogen and oxygen atoms in total. The van der Waals surface area contributed by atoms with Crippen molar-refractivity contribution in [1.29, 1.82) is 5.26 Å². The quantitative estimate of drug-likeness (QED) is 0.892. The van der Waals surface area contributed by atoms with Crippen molar-refractivity contribution in [3.8, 4) is 23.3 Å². The molecular formula is C18H19N3O4. The van der Waals surface area contributed by atoms with Crippen molar-refractivity contribution in [2.75, 3.05) is 24.6 Å². The zero-order chi connectivity index (χ0) is 17.8. The SMILES string of the molecule is CCOc1ccc(-c2nc(C#N)c(N3CCC(C(=O)O)CC3)o2)cc1. The van der Waals surface area contributed by atoms with Crippen LogP contribution in [0.1, 0.15) is 25.5 Å². The minimum absolute atomic E-state index is 0.220. The number of hydrogen-bond acceptors (Lipinski definition) is 6. The van der Waals surface area contributed by atoms with E-state index in [4.69, 9.17) is 14.3 Å². The Balaban J connectivity index is 1.80. The number of carboxylic acids is 1. The first-order valence-corrected chi connectivity index (χ1v) is 8.24. The van der Waals surface area contributed by atoms with Crippen molar-refractivity contribution in [2.24, 2.45) is 5.92 Å². The van der Waals surface area contributed by atoms with Gasteiger partial charge in [0.15, 0.2) is 0 Å². The lowest BCUT2D eigenvalue weighted by molar-refractivity contribution is -0.142. The standard InChI is InChI=1S/C18H19N3O4/c1-2-24-14-5-3-12(4-6-14)16-20-15(11-19)17(25-16)21-9-7-13(8-10-21)18(22)23/h3-6,13H,2,7-10H2,1H3,(H,22,23). The number of benzene rings is 1. The van der Waals surface area contributed by atoms with Gasteiger partial charge in [0.05, 0.1) is 12.5 Å². The molecule has 0 atom stereocenters. The fourth-order valence-corrected chi connectivity index (χ4v) is 2.91. The summed E-state index contributed by atoms with van der Waals surface area (Å²) in [6.07, 6.45) is 1.05. The van der Waals surface area contributed by atoms with E-state index in [1.165, 1.54) is 0 Å². The molecule has 2 heterocycles. The topological polar surface area (TPSA) is 99.6 Å². The minimum Gasteiger partial charge on any atom is -0.494 e. The number of carbonyl (C=O) groups is 1. The smallest absolute Gasteiger partial charge is 0.306 e. The highest BCUT2D eigenvalue weighted by atomic mass is 16.5. The van der Waals surface area contributed by atoms with E-state index >= 15 is 0 Å². The number of piperidine rings is 1. The van der Waals surface area contributed by atoms with Crippen molar-refractivity contribution >= 4 is 11.9 Å². The third-order valence-electron chi connectivity index (χ3n) is 4.26. The third kappa shape index (κ3) is 3.58. The highest BCUT2D eigenvalue weighted by molar-refractivity contribution is 5.70. The van der Waals surface area contributed by atoms with Crippen LogP contribution in [-0.2, 0) is 4.79 Å². The number of aromatic nitrogens is 1. The molecule has 0 aliphatic carbocycles. The summed E-state index contributed by atoms with van der Waals surface area (Å²) in [5, 5.41) is 18.4. The van der Waals surface area contributed by atoms with Gasteiger partial charge in [0.1, 0.15) is 11.8 Å². The van der Waals surface area contributed by atoms with Gasteiger partial charge in [-0.05, 0) is 44.0 Å². The van der Waals surface area contributed by atoms with Gasteiger partial charge in [0.25, 0.3) is 0 Å². The Labute approximate surface area is 145 Å². The van der Waals surface area contributed by atoms with Crippen LogP contribution in [0.25, 0.3) is 11.5 Å². The molecule has 2 aromatic rings. The number of oxazole rings is 1. The van der Waals surface area contributed by atoms with Crippen LogP contribution in [0.15, 0.2) is 28.7 Å². The fourth-order valence-electron chi connectivity index (χ4n) is 2.91. The molecule has 1 saturated heterocycles. The molecule has 0 saturated carbocycles. The molecule has 0 spiro atoms. The van der Waals surface area contributed by atoms with E-state index in [9.17, 15) is 10.1 Å². The molecule has 1 aliphatic rings. The number of hydrogen-bond donors (Lipinski definition) is 1. The number of nitrogens with zero attached hydrogens (tertiary/aromatic N) is 3. The van der Waals surface area contributed by atoms with E-state index in [1.807, 2.05) is 36.1 Å². The summed E-state index contributed by atoms with van der Waals surface area (Å²) < 4.78 is 11.2.